The molecule has 4 rings (SSSR count). The first-order chi connectivity index (χ1) is 19.2. The minimum Gasteiger partial charge on any atom is -0.494 e. The van der Waals surface area contributed by atoms with Gasteiger partial charge >= 0.3 is 6.03 Å². The zero-order valence-corrected chi connectivity index (χ0v) is 24.7. The van der Waals surface area contributed by atoms with Crippen molar-refractivity contribution in [2.45, 2.75) is 27.4 Å². The fourth-order valence-corrected chi connectivity index (χ4v) is 4.95. The lowest BCUT2D eigenvalue weighted by molar-refractivity contribution is -0.122. The first-order valence-electron chi connectivity index (χ1n) is 12.6. The molecule has 1 aliphatic rings. The molecule has 0 spiro atoms. The number of ether oxygens (including phenoxy) is 4. The molecule has 0 bridgehead atoms. The molecule has 0 aliphatic carbocycles. The van der Waals surface area contributed by atoms with Gasteiger partial charge in [-0.05, 0) is 84.8 Å². The van der Waals surface area contributed by atoms with Crippen LogP contribution in [0.15, 0.2) is 60.2 Å². The van der Waals surface area contributed by atoms with Gasteiger partial charge in [-0.25, -0.2) is 9.69 Å². The summed E-state index contributed by atoms with van der Waals surface area (Å²) in [5, 5.41) is 2.25. The van der Waals surface area contributed by atoms with Crippen molar-refractivity contribution in [2.75, 3.05) is 25.2 Å². The number of nitrogens with zero attached hydrogens (tertiary/aromatic N) is 1. The molecule has 0 atom stereocenters. The summed E-state index contributed by atoms with van der Waals surface area (Å²) >= 11 is 2.12. The van der Waals surface area contributed by atoms with Gasteiger partial charge in [0.05, 0.1) is 29.6 Å². The number of imide groups is 2. The summed E-state index contributed by atoms with van der Waals surface area (Å²) < 4.78 is 23.6. The molecule has 0 radical (unpaired) electrons. The monoisotopic (exact) mass is 656 g/mol. The Morgan fingerprint density at radius 2 is 1.70 bits per heavy atom. The summed E-state index contributed by atoms with van der Waals surface area (Å²) in [6, 6.07) is 15.4. The quantitative estimate of drug-likeness (QED) is 0.171. The number of anilines is 1. The van der Waals surface area contributed by atoms with Crippen molar-refractivity contribution < 1.29 is 33.3 Å². The topological polar surface area (TPSA) is 103 Å². The number of hydrogen-bond acceptors (Lipinski definition) is 7. The minimum absolute atomic E-state index is 0.167. The van der Waals surface area contributed by atoms with Gasteiger partial charge in [0.25, 0.3) is 11.8 Å². The number of nitrogens with one attached hydrogen (secondary N) is 1. The first kappa shape index (κ1) is 28.9. The average Bonchev–Trinajstić information content (AvgIpc) is 2.91. The van der Waals surface area contributed by atoms with Crippen molar-refractivity contribution in [1.82, 2.24) is 5.32 Å². The van der Waals surface area contributed by atoms with Crippen LogP contribution in [-0.4, -0.2) is 38.2 Å². The molecular formula is C30H29IN2O7. The summed E-state index contributed by atoms with van der Waals surface area (Å²) in [6.45, 7) is 6.67. The van der Waals surface area contributed by atoms with Gasteiger partial charge < -0.3 is 18.9 Å². The molecule has 1 heterocycles. The summed E-state index contributed by atoms with van der Waals surface area (Å²) in [6.07, 6.45) is 1.42. The van der Waals surface area contributed by atoms with E-state index in [9.17, 15) is 14.4 Å². The van der Waals surface area contributed by atoms with Gasteiger partial charge in [-0.3, -0.25) is 14.9 Å². The Morgan fingerprint density at radius 3 is 2.40 bits per heavy atom. The smallest absolute Gasteiger partial charge is 0.336 e. The molecule has 3 aromatic rings. The van der Waals surface area contributed by atoms with Gasteiger partial charge in [-0.15, -0.1) is 0 Å². The fourth-order valence-electron chi connectivity index (χ4n) is 4.17. The second kappa shape index (κ2) is 12.9. The average molecular weight is 656 g/mol. The van der Waals surface area contributed by atoms with Gasteiger partial charge in [0.15, 0.2) is 11.5 Å². The predicted molar refractivity (Wildman–Crippen MR) is 159 cm³/mol. The highest BCUT2D eigenvalue weighted by atomic mass is 127. The molecule has 3 aromatic carbocycles. The number of methoxy groups -OCH3 is 1. The summed E-state index contributed by atoms with van der Waals surface area (Å²) in [5.41, 5.74) is 2.60. The van der Waals surface area contributed by atoms with E-state index in [0.29, 0.717) is 48.4 Å². The van der Waals surface area contributed by atoms with Crippen LogP contribution < -0.4 is 29.2 Å². The van der Waals surface area contributed by atoms with E-state index in [2.05, 4.69) is 27.9 Å². The largest absolute Gasteiger partial charge is 0.494 e. The number of barbiturate groups is 1. The van der Waals surface area contributed by atoms with Crippen LogP contribution in [0.5, 0.6) is 23.0 Å². The number of benzene rings is 3. The third kappa shape index (κ3) is 6.39. The highest BCUT2D eigenvalue weighted by Gasteiger charge is 2.38. The lowest BCUT2D eigenvalue weighted by Crippen LogP contribution is -2.54. The Kier molecular flexibility index (Phi) is 9.30. The molecule has 40 heavy (non-hydrogen) atoms. The van der Waals surface area contributed by atoms with Gasteiger partial charge in [0, 0.05) is 6.07 Å². The molecule has 1 saturated heterocycles. The SMILES string of the molecule is CCOc1ccc(OCC)c(N2C(=O)NC(=O)/C(=C\c3cc(I)c(OCc4cccc(C)c4)c(OC)c3)C2=O)c1. The summed E-state index contributed by atoms with van der Waals surface area (Å²) in [4.78, 5) is 40.1. The minimum atomic E-state index is -0.881. The molecule has 4 amide bonds. The Labute approximate surface area is 246 Å². The Morgan fingerprint density at radius 1 is 0.925 bits per heavy atom. The van der Waals surface area contributed by atoms with Gasteiger partial charge in [-0.1, -0.05) is 29.8 Å². The van der Waals surface area contributed by atoms with Crippen LogP contribution in [-0.2, 0) is 16.2 Å². The number of urea groups is 1. The van der Waals surface area contributed by atoms with Crippen LogP contribution in [0.2, 0.25) is 0 Å². The molecule has 208 valence electrons. The first-order valence-corrected chi connectivity index (χ1v) is 13.7. The van der Waals surface area contributed by atoms with Crippen molar-refractivity contribution in [3.05, 3.63) is 80.4 Å². The number of rotatable bonds is 10. The lowest BCUT2D eigenvalue weighted by Gasteiger charge is -2.28. The molecule has 0 unspecified atom stereocenters. The molecule has 10 heteroatoms. The number of halogens is 1. The zero-order valence-electron chi connectivity index (χ0n) is 22.6. The molecule has 1 aliphatic heterocycles. The standard InChI is InChI=1S/C30H29IN2O7/c1-5-38-21-10-11-25(39-6-2)24(16-21)33-29(35)22(28(34)32-30(33)36)13-20-14-23(31)27(26(15-20)37-4)40-17-19-9-7-8-18(3)12-19/h7-16H,5-6,17H2,1-4H3,(H,32,34,36)/b22-13+. The third-order valence-electron chi connectivity index (χ3n) is 5.91. The Balaban J connectivity index is 1.68. The van der Waals surface area contributed by atoms with Crippen molar-refractivity contribution in [1.29, 1.82) is 0 Å². The van der Waals surface area contributed by atoms with Crippen LogP contribution in [0.1, 0.15) is 30.5 Å². The molecule has 0 aromatic heterocycles. The highest BCUT2D eigenvalue weighted by Crippen LogP contribution is 2.37. The summed E-state index contributed by atoms with van der Waals surface area (Å²) in [5.74, 6) is 0.123. The van der Waals surface area contributed by atoms with E-state index in [4.69, 9.17) is 18.9 Å². The second-order valence-corrected chi connectivity index (χ2v) is 9.93. The zero-order chi connectivity index (χ0) is 28.8. The van der Waals surface area contributed by atoms with Crippen LogP contribution in [0.25, 0.3) is 6.08 Å². The van der Waals surface area contributed by atoms with E-state index in [0.717, 1.165) is 19.6 Å². The molecule has 1 fully saturated rings. The van der Waals surface area contributed by atoms with Gasteiger partial charge in [-0.2, -0.15) is 0 Å². The maximum Gasteiger partial charge on any atom is 0.336 e. The molecule has 9 nitrogen and oxygen atoms in total. The molecular weight excluding hydrogens is 627 g/mol. The van der Waals surface area contributed by atoms with Crippen LogP contribution in [0.4, 0.5) is 10.5 Å². The van der Waals surface area contributed by atoms with E-state index in [1.165, 1.54) is 19.3 Å². The van der Waals surface area contributed by atoms with Gasteiger partial charge in [0.1, 0.15) is 23.7 Å². The maximum absolute atomic E-state index is 13.6. The number of hydrogen-bond donors (Lipinski definition) is 1. The number of amides is 4. The lowest BCUT2D eigenvalue weighted by atomic mass is 10.1. The number of carbonyl (C=O) groups excluding carboxylic acids is 3. The number of carbonyl (C=O) groups is 3. The third-order valence-corrected chi connectivity index (χ3v) is 6.71. The van der Waals surface area contributed by atoms with Gasteiger partial charge in [0.2, 0.25) is 0 Å². The van der Waals surface area contributed by atoms with Crippen molar-refractivity contribution in [2.24, 2.45) is 0 Å². The molecule has 0 saturated carbocycles. The van der Waals surface area contributed by atoms with Crippen LogP contribution in [0.3, 0.4) is 0 Å². The van der Waals surface area contributed by atoms with Crippen LogP contribution in [0, 0.1) is 10.5 Å². The van der Waals surface area contributed by atoms with E-state index in [-0.39, 0.29) is 11.3 Å². The Hall–Kier alpha value is -4.06. The normalized spacial score (nSPS) is 14.3. The van der Waals surface area contributed by atoms with Crippen molar-refractivity contribution >= 4 is 52.2 Å². The Bertz CT molecular complexity index is 1480. The van der Waals surface area contributed by atoms with E-state index < -0.39 is 17.8 Å². The maximum atomic E-state index is 13.6. The van der Waals surface area contributed by atoms with Crippen molar-refractivity contribution in [3.8, 4) is 23.0 Å². The number of aryl methyl sites for hydroxylation is 1. The highest BCUT2D eigenvalue weighted by molar-refractivity contribution is 14.1. The van der Waals surface area contributed by atoms with E-state index in [1.54, 1.807) is 31.2 Å². The fraction of sp³-hybridized carbons (Fsp3) is 0.233. The molecule has 1 N–H and O–H groups in total. The predicted octanol–water partition coefficient (Wildman–Crippen LogP) is 5.65. The van der Waals surface area contributed by atoms with Crippen molar-refractivity contribution in [3.63, 3.8) is 0 Å². The summed E-state index contributed by atoms with van der Waals surface area (Å²) in [7, 11) is 1.52. The second-order valence-electron chi connectivity index (χ2n) is 8.77. The van der Waals surface area contributed by atoms with Crippen LogP contribution >= 0.6 is 22.6 Å². The van der Waals surface area contributed by atoms with E-state index in [1.807, 2.05) is 38.1 Å². The van der Waals surface area contributed by atoms with E-state index >= 15 is 0 Å².